The SMILES string of the molecule is CC(C)c1ccc(C(C)CC(=O)NC2(CC(=O)O)CCOCC2)cc1. The van der Waals surface area contributed by atoms with Crippen molar-refractivity contribution in [3.05, 3.63) is 35.4 Å². The summed E-state index contributed by atoms with van der Waals surface area (Å²) in [5.74, 6) is -0.414. The number of amides is 1. The molecule has 1 aromatic carbocycles. The van der Waals surface area contributed by atoms with Crippen LogP contribution in [0.5, 0.6) is 0 Å². The Morgan fingerprint density at radius 2 is 1.68 bits per heavy atom. The zero-order chi connectivity index (χ0) is 18.4. The van der Waals surface area contributed by atoms with Crippen LogP contribution in [0.25, 0.3) is 0 Å². The molecule has 1 aliphatic rings. The molecule has 1 unspecified atom stereocenters. The predicted octanol–water partition coefficient (Wildman–Crippen LogP) is 3.44. The molecule has 1 atom stereocenters. The van der Waals surface area contributed by atoms with Gasteiger partial charge in [0.2, 0.25) is 5.91 Å². The van der Waals surface area contributed by atoms with Crippen molar-refractivity contribution in [2.24, 2.45) is 0 Å². The van der Waals surface area contributed by atoms with Crippen LogP contribution in [0, 0.1) is 0 Å². The van der Waals surface area contributed by atoms with E-state index in [2.05, 4.69) is 43.4 Å². The smallest absolute Gasteiger partial charge is 0.305 e. The maximum atomic E-state index is 12.5. The fourth-order valence-electron chi connectivity index (χ4n) is 3.35. The van der Waals surface area contributed by atoms with E-state index in [-0.39, 0.29) is 18.2 Å². The van der Waals surface area contributed by atoms with Gasteiger partial charge in [-0.2, -0.15) is 0 Å². The third kappa shape index (κ3) is 5.56. The van der Waals surface area contributed by atoms with Crippen molar-refractivity contribution in [1.82, 2.24) is 5.32 Å². The number of benzene rings is 1. The van der Waals surface area contributed by atoms with Crippen molar-refractivity contribution >= 4 is 11.9 Å². The summed E-state index contributed by atoms with van der Waals surface area (Å²) in [5.41, 5.74) is 1.73. The number of nitrogens with one attached hydrogen (secondary N) is 1. The van der Waals surface area contributed by atoms with E-state index >= 15 is 0 Å². The highest BCUT2D eigenvalue weighted by atomic mass is 16.5. The Bertz CT molecular complexity index is 588. The average Bonchev–Trinajstić information content (AvgIpc) is 2.54. The lowest BCUT2D eigenvalue weighted by Crippen LogP contribution is -2.53. The quantitative estimate of drug-likeness (QED) is 0.792. The van der Waals surface area contributed by atoms with Crippen LogP contribution in [0.4, 0.5) is 0 Å². The second-order valence-corrected chi connectivity index (χ2v) is 7.44. The van der Waals surface area contributed by atoms with Gasteiger partial charge in [-0.15, -0.1) is 0 Å². The fourth-order valence-corrected chi connectivity index (χ4v) is 3.35. The maximum Gasteiger partial charge on any atom is 0.305 e. The molecule has 0 aromatic heterocycles. The number of aliphatic carboxylic acids is 1. The van der Waals surface area contributed by atoms with E-state index in [0.29, 0.717) is 38.4 Å². The van der Waals surface area contributed by atoms with Gasteiger partial charge < -0.3 is 15.2 Å². The summed E-state index contributed by atoms with van der Waals surface area (Å²) in [7, 11) is 0. The Morgan fingerprint density at radius 1 is 1.12 bits per heavy atom. The van der Waals surface area contributed by atoms with Gasteiger partial charge in [0.25, 0.3) is 0 Å². The van der Waals surface area contributed by atoms with Crippen LogP contribution in [-0.4, -0.2) is 35.7 Å². The molecule has 0 bridgehead atoms. The minimum Gasteiger partial charge on any atom is -0.481 e. The molecule has 5 heteroatoms. The van der Waals surface area contributed by atoms with Gasteiger partial charge in [0.15, 0.2) is 0 Å². The number of rotatable bonds is 7. The van der Waals surface area contributed by atoms with Crippen LogP contribution in [0.1, 0.15) is 69.4 Å². The molecule has 2 rings (SSSR count). The van der Waals surface area contributed by atoms with Crippen molar-refractivity contribution in [2.45, 2.75) is 63.8 Å². The highest BCUT2D eigenvalue weighted by Crippen LogP contribution is 2.27. The zero-order valence-electron chi connectivity index (χ0n) is 15.4. The number of carbonyl (C=O) groups is 2. The third-order valence-corrected chi connectivity index (χ3v) is 5.01. The Hall–Kier alpha value is -1.88. The molecule has 1 amide bonds. The number of carbonyl (C=O) groups excluding carboxylic acids is 1. The zero-order valence-corrected chi connectivity index (χ0v) is 15.4. The lowest BCUT2D eigenvalue weighted by Gasteiger charge is -2.37. The summed E-state index contributed by atoms with van der Waals surface area (Å²) in [6.45, 7) is 7.31. The minimum atomic E-state index is -0.889. The molecule has 1 aliphatic heterocycles. The summed E-state index contributed by atoms with van der Waals surface area (Å²) in [5, 5.41) is 12.2. The van der Waals surface area contributed by atoms with Crippen LogP contribution in [0.15, 0.2) is 24.3 Å². The molecular weight excluding hydrogens is 318 g/mol. The summed E-state index contributed by atoms with van der Waals surface area (Å²) in [4.78, 5) is 23.7. The van der Waals surface area contributed by atoms with Gasteiger partial charge in [-0.1, -0.05) is 45.0 Å². The fraction of sp³-hybridized carbons (Fsp3) is 0.600. The van der Waals surface area contributed by atoms with Gasteiger partial charge in [0.05, 0.1) is 12.0 Å². The van der Waals surface area contributed by atoms with E-state index in [4.69, 9.17) is 4.74 Å². The monoisotopic (exact) mass is 347 g/mol. The van der Waals surface area contributed by atoms with E-state index in [1.54, 1.807) is 0 Å². The van der Waals surface area contributed by atoms with Gasteiger partial charge in [-0.3, -0.25) is 9.59 Å². The van der Waals surface area contributed by atoms with Crippen LogP contribution >= 0.6 is 0 Å². The molecule has 25 heavy (non-hydrogen) atoms. The molecule has 2 N–H and O–H groups in total. The first-order valence-corrected chi connectivity index (χ1v) is 9.02. The van der Waals surface area contributed by atoms with Crippen molar-refractivity contribution in [3.63, 3.8) is 0 Å². The van der Waals surface area contributed by atoms with E-state index in [1.807, 2.05) is 6.92 Å². The second-order valence-electron chi connectivity index (χ2n) is 7.44. The number of hydrogen-bond donors (Lipinski definition) is 2. The van der Waals surface area contributed by atoms with Gasteiger partial charge in [-0.25, -0.2) is 0 Å². The molecule has 1 heterocycles. The molecule has 1 saturated heterocycles. The van der Waals surface area contributed by atoms with Crippen molar-refractivity contribution in [3.8, 4) is 0 Å². The summed E-state index contributed by atoms with van der Waals surface area (Å²) in [6.07, 6.45) is 1.38. The summed E-state index contributed by atoms with van der Waals surface area (Å²) in [6, 6.07) is 8.38. The van der Waals surface area contributed by atoms with E-state index in [9.17, 15) is 14.7 Å². The summed E-state index contributed by atoms with van der Waals surface area (Å²) < 4.78 is 5.32. The van der Waals surface area contributed by atoms with Gasteiger partial charge >= 0.3 is 5.97 Å². The topological polar surface area (TPSA) is 75.6 Å². The van der Waals surface area contributed by atoms with Crippen molar-refractivity contribution in [2.75, 3.05) is 13.2 Å². The Kier molecular flexibility index (Phi) is 6.59. The van der Waals surface area contributed by atoms with Gasteiger partial charge in [-0.05, 0) is 35.8 Å². The molecule has 0 radical (unpaired) electrons. The maximum absolute atomic E-state index is 12.5. The van der Waals surface area contributed by atoms with E-state index in [0.717, 1.165) is 5.56 Å². The van der Waals surface area contributed by atoms with Crippen molar-refractivity contribution in [1.29, 1.82) is 0 Å². The number of hydrogen-bond acceptors (Lipinski definition) is 3. The molecule has 0 aliphatic carbocycles. The Morgan fingerprint density at radius 3 is 2.20 bits per heavy atom. The average molecular weight is 347 g/mol. The van der Waals surface area contributed by atoms with E-state index < -0.39 is 11.5 Å². The van der Waals surface area contributed by atoms with Crippen molar-refractivity contribution < 1.29 is 19.4 Å². The van der Waals surface area contributed by atoms with Crippen LogP contribution in [-0.2, 0) is 14.3 Å². The predicted molar refractivity (Wildman–Crippen MR) is 96.7 cm³/mol. The highest BCUT2D eigenvalue weighted by molar-refractivity contribution is 5.79. The Labute approximate surface area is 149 Å². The molecular formula is C20H29NO4. The summed E-state index contributed by atoms with van der Waals surface area (Å²) >= 11 is 0. The number of carboxylic acids is 1. The molecule has 1 fully saturated rings. The Balaban J connectivity index is 1.98. The normalized spacial score (nSPS) is 17.9. The van der Waals surface area contributed by atoms with Crippen LogP contribution in [0.3, 0.4) is 0 Å². The first-order valence-electron chi connectivity index (χ1n) is 9.02. The lowest BCUT2D eigenvalue weighted by atomic mass is 9.86. The van der Waals surface area contributed by atoms with Gasteiger partial charge in [0, 0.05) is 19.6 Å². The number of carboxylic acid groups (broad SMARTS) is 1. The molecule has 138 valence electrons. The molecule has 0 spiro atoms. The molecule has 0 saturated carbocycles. The standard InChI is InChI=1S/C20H29NO4/c1-14(2)16-4-6-17(7-5-16)15(3)12-18(22)21-20(13-19(23)24)8-10-25-11-9-20/h4-7,14-15H,8-13H2,1-3H3,(H,21,22)(H,23,24). The minimum absolute atomic E-state index is 0.0560. The largest absolute Gasteiger partial charge is 0.481 e. The van der Waals surface area contributed by atoms with Gasteiger partial charge in [0.1, 0.15) is 0 Å². The van der Waals surface area contributed by atoms with Crippen LogP contribution in [0.2, 0.25) is 0 Å². The first-order chi connectivity index (χ1) is 11.8. The van der Waals surface area contributed by atoms with Crippen LogP contribution < -0.4 is 5.32 Å². The molecule has 1 aromatic rings. The lowest BCUT2D eigenvalue weighted by molar-refractivity contribution is -0.140. The number of ether oxygens (including phenoxy) is 1. The first kappa shape index (κ1) is 19.4. The highest BCUT2D eigenvalue weighted by Gasteiger charge is 2.36. The van der Waals surface area contributed by atoms with E-state index in [1.165, 1.54) is 5.56 Å². The second kappa shape index (κ2) is 8.48. The third-order valence-electron chi connectivity index (χ3n) is 5.01. The molecule has 5 nitrogen and oxygen atoms in total.